The van der Waals surface area contributed by atoms with Crippen LogP contribution < -0.4 is 11.1 Å². The molecule has 0 aliphatic rings. The maximum Gasteiger partial charge on any atom is 0.237 e. The van der Waals surface area contributed by atoms with Gasteiger partial charge in [0, 0.05) is 22.6 Å². The van der Waals surface area contributed by atoms with Crippen LogP contribution in [0.25, 0.3) is 5.65 Å². The first-order chi connectivity index (χ1) is 11.5. The third-order valence-corrected chi connectivity index (χ3v) is 5.04. The number of hydrogen-bond acceptors (Lipinski definition) is 5. The zero-order valence-electron chi connectivity index (χ0n) is 13.2. The number of nitrogens with one attached hydrogen (secondary N) is 1. The summed E-state index contributed by atoms with van der Waals surface area (Å²) < 4.78 is 1.77. The molecule has 0 spiro atoms. The van der Waals surface area contributed by atoms with Crippen molar-refractivity contribution in [3.63, 3.8) is 0 Å². The SMILES string of the molecule is Cc1c(Cl)cccc1NC(=O)C(C)Sc1nnc2ccc(N)cn12. The number of pyridine rings is 1. The molecule has 3 N–H and O–H groups in total. The van der Waals surface area contributed by atoms with Gasteiger partial charge in [0.1, 0.15) is 0 Å². The van der Waals surface area contributed by atoms with Crippen LogP contribution in [0.3, 0.4) is 0 Å². The number of carbonyl (C=O) groups excluding carboxylic acids is 1. The number of hydrogen-bond donors (Lipinski definition) is 2. The predicted octanol–water partition coefficient (Wildman–Crippen LogP) is 3.39. The molecule has 0 radical (unpaired) electrons. The van der Waals surface area contributed by atoms with Gasteiger partial charge in [0.05, 0.1) is 5.25 Å². The second-order valence-corrected chi connectivity index (χ2v) is 7.05. The number of nitrogens with zero attached hydrogens (tertiary/aromatic N) is 3. The molecule has 0 aliphatic heterocycles. The molecule has 3 rings (SSSR count). The van der Waals surface area contributed by atoms with Crippen LogP contribution in [0, 0.1) is 6.92 Å². The number of thioether (sulfide) groups is 1. The van der Waals surface area contributed by atoms with Gasteiger partial charge in [-0.05, 0) is 43.7 Å². The maximum atomic E-state index is 12.4. The first-order valence-corrected chi connectivity index (χ1v) is 8.54. The number of nitrogens with two attached hydrogens (primary N) is 1. The Kier molecular flexibility index (Phi) is 4.64. The molecule has 1 atom stereocenters. The number of amides is 1. The Hall–Kier alpha value is -2.25. The van der Waals surface area contributed by atoms with Crippen LogP contribution in [0.1, 0.15) is 12.5 Å². The van der Waals surface area contributed by atoms with Gasteiger partial charge in [-0.25, -0.2) is 0 Å². The number of aromatic nitrogens is 3. The van der Waals surface area contributed by atoms with Gasteiger partial charge in [0.2, 0.25) is 5.91 Å². The van der Waals surface area contributed by atoms with Crippen LogP contribution in [-0.4, -0.2) is 25.8 Å². The molecule has 1 amide bonds. The van der Waals surface area contributed by atoms with E-state index in [9.17, 15) is 4.79 Å². The van der Waals surface area contributed by atoms with Crippen LogP contribution in [0.15, 0.2) is 41.7 Å². The van der Waals surface area contributed by atoms with Gasteiger partial charge < -0.3 is 11.1 Å². The lowest BCUT2D eigenvalue weighted by Gasteiger charge is -2.13. The van der Waals surface area contributed by atoms with Crippen molar-refractivity contribution in [3.8, 4) is 0 Å². The van der Waals surface area contributed by atoms with Crippen molar-refractivity contribution in [3.05, 3.63) is 47.1 Å². The molecule has 8 heteroatoms. The van der Waals surface area contributed by atoms with E-state index in [-0.39, 0.29) is 11.2 Å². The molecular weight excluding hydrogens is 346 g/mol. The molecule has 0 saturated heterocycles. The Morgan fingerprint density at radius 3 is 2.92 bits per heavy atom. The number of carbonyl (C=O) groups is 1. The third kappa shape index (κ3) is 3.32. The van der Waals surface area contributed by atoms with Gasteiger partial charge in [-0.3, -0.25) is 9.20 Å². The van der Waals surface area contributed by atoms with Crippen LogP contribution in [0.2, 0.25) is 5.02 Å². The molecule has 2 aromatic heterocycles. The Balaban J connectivity index is 1.76. The second-order valence-electron chi connectivity index (χ2n) is 5.33. The van der Waals surface area contributed by atoms with Crippen molar-refractivity contribution in [1.29, 1.82) is 0 Å². The predicted molar refractivity (Wildman–Crippen MR) is 97.5 cm³/mol. The van der Waals surface area contributed by atoms with E-state index in [2.05, 4.69) is 15.5 Å². The molecule has 0 fully saturated rings. The van der Waals surface area contributed by atoms with Crippen molar-refractivity contribution in [2.45, 2.75) is 24.3 Å². The quantitative estimate of drug-likeness (QED) is 0.696. The number of fused-ring (bicyclic) bond motifs is 1. The molecule has 0 bridgehead atoms. The average molecular weight is 362 g/mol. The fourth-order valence-corrected chi connectivity index (χ4v) is 3.16. The first kappa shape index (κ1) is 16.6. The zero-order valence-corrected chi connectivity index (χ0v) is 14.7. The summed E-state index contributed by atoms with van der Waals surface area (Å²) in [4.78, 5) is 12.4. The summed E-state index contributed by atoms with van der Waals surface area (Å²) in [7, 11) is 0. The fourth-order valence-electron chi connectivity index (χ4n) is 2.16. The van der Waals surface area contributed by atoms with Crippen molar-refractivity contribution in [1.82, 2.24) is 14.6 Å². The maximum absolute atomic E-state index is 12.4. The lowest BCUT2D eigenvalue weighted by atomic mass is 10.2. The van der Waals surface area contributed by atoms with E-state index >= 15 is 0 Å². The average Bonchev–Trinajstić information content (AvgIpc) is 2.94. The Bertz CT molecular complexity index is 911. The Labute approximate surface area is 148 Å². The van der Waals surface area contributed by atoms with Crippen molar-refractivity contribution in [2.75, 3.05) is 11.1 Å². The number of benzene rings is 1. The summed E-state index contributed by atoms with van der Waals surface area (Å²) >= 11 is 7.40. The van der Waals surface area contributed by atoms with Crippen LogP contribution in [0.5, 0.6) is 0 Å². The first-order valence-electron chi connectivity index (χ1n) is 7.28. The number of halogens is 1. The minimum atomic E-state index is -0.364. The van der Waals surface area contributed by atoms with Crippen molar-refractivity contribution >= 4 is 46.3 Å². The Morgan fingerprint density at radius 2 is 2.12 bits per heavy atom. The fraction of sp³-hybridized carbons (Fsp3) is 0.188. The summed E-state index contributed by atoms with van der Waals surface area (Å²) in [6, 6.07) is 8.96. The van der Waals surface area contributed by atoms with Gasteiger partial charge in [-0.15, -0.1) is 10.2 Å². The molecule has 1 aromatic carbocycles. The molecule has 0 saturated carbocycles. The second kappa shape index (κ2) is 6.70. The molecule has 24 heavy (non-hydrogen) atoms. The Morgan fingerprint density at radius 1 is 1.33 bits per heavy atom. The summed E-state index contributed by atoms with van der Waals surface area (Å²) in [5.41, 5.74) is 8.63. The summed E-state index contributed by atoms with van der Waals surface area (Å²) in [6.45, 7) is 3.68. The van der Waals surface area contributed by atoms with E-state index in [1.54, 1.807) is 34.9 Å². The van der Waals surface area contributed by atoms with E-state index in [1.165, 1.54) is 11.8 Å². The van der Waals surface area contributed by atoms with Crippen molar-refractivity contribution in [2.24, 2.45) is 0 Å². The molecule has 6 nitrogen and oxygen atoms in total. The van der Waals surface area contributed by atoms with E-state index in [4.69, 9.17) is 17.3 Å². The lowest BCUT2D eigenvalue weighted by molar-refractivity contribution is -0.115. The summed E-state index contributed by atoms with van der Waals surface area (Å²) in [5, 5.41) is 11.9. The topological polar surface area (TPSA) is 85.3 Å². The lowest BCUT2D eigenvalue weighted by Crippen LogP contribution is -2.23. The van der Waals surface area contributed by atoms with Crippen LogP contribution in [0.4, 0.5) is 11.4 Å². The third-order valence-electron chi connectivity index (χ3n) is 3.57. The van der Waals surface area contributed by atoms with Crippen LogP contribution in [-0.2, 0) is 4.79 Å². The smallest absolute Gasteiger partial charge is 0.237 e. The molecule has 1 unspecified atom stereocenters. The van der Waals surface area contributed by atoms with Gasteiger partial charge in [-0.1, -0.05) is 29.4 Å². The normalized spacial score (nSPS) is 12.3. The summed E-state index contributed by atoms with van der Waals surface area (Å²) in [6.07, 6.45) is 1.74. The summed E-state index contributed by atoms with van der Waals surface area (Å²) in [5.74, 6) is -0.133. The minimum Gasteiger partial charge on any atom is -0.398 e. The van der Waals surface area contributed by atoms with E-state index < -0.39 is 0 Å². The molecule has 0 aliphatic carbocycles. The van der Waals surface area contributed by atoms with E-state index in [0.717, 1.165) is 5.56 Å². The largest absolute Gasteiger partial charge is 0.398 e. The van der Waals surface area contributed by atoms with Gasteiger partial charge >= 0.3 is 0 Å². The highest BCUT2D eigenvalue weighted by Gasteiger charge is 2.19. The van der Waals surface area contributed by atoms with Gasteiger partial charge in [0.25, 0.3) is 0 Å². The number of rotatable bonds is 4. The van der Waals surface area contributed by atoms with Crippen molar-refractivity contribution < 1.29 is 4.79 Å². The molecule has 2 heterocycles. The monoisotopic (exact) mass is 361 g/mol. The zero-order chi connectivity index (χ0) is 17.3. The number of anilines is 2. The highest BCUT2D eigenvalue weighted by molar-refractivity contribution is 8.00. The van der Waals surface area contributed by atoms with Gasteiger partial charge in [-0.2, -0.15) is 0 Å². The molecule has 124 valence electrons. The van der Waals surface area contributed by atoms with E-state index in [0.29, 0.717) is 27.2 Å². The van der Waals surface area contributed by atoms with Crippen LogP contribution >= 0.6 is 23.4 Å². The van der Waals surface area contributed by atoms with E-state index in [1.807, 2.05) is 19.9 Å². The van der Waals surface area contributed by atoms with Gasteiger partial charge in [0.15, 0.2) is 10.8 Å². The standard InChI is InChI=1S/C16H16ClN5OS/c1-9-12(17)4-3-5-13(9)19-15(23)10(2)24-16-21-20-14-7-6-11(18)8-22(14)16/h3-8,10H,18H2,1-2H3,(H,19,23). The highest BCUT2D eigenvalue weighted by atomic mass is 35.5. The molecule has 3 aromatic rings. The highest BCUT2D eigenvalue weighted by Crippen LogP contribution is 2.26. The molecular formula is C16H16ClN5OS. The number of nitrogen functional groups attached to an aromatic ring is 1. The minimum absolute atomic E-state index is 0.133.